The first-order valence-electron chi connectivity index (χ1n) is 5.44. The lowest BCUT2D eigenvalue weighted by molar-refractivity contribution is 0.574. The van der Waals surface area contributed by atoms with E-state index in [9.17, 15) is 0 Å². The molecule has 1 saturated heterocycles. The van der Waals surface area contributed by atoms with Gasteiger partial charge in [-0.25, -0.2) is 4.98 Å². The molecule has 15 heavy (non-hydrogen) atoms. The van der Waals surface area contributed by atoms with Gasteiger partial charge in [-0.1, -0.05) is 0 Å². The Morgan fingerprint density at radius 2 is 2.53 bits per heavy atom. The number of hydrogen-bond acceptors (Lipinski definition) is 3. The van der Waals surface area contributed by atoms with Crippen LogP contribution in [0.4, 0.5) is 5.82 Å². The summed E-state index contributed by atoms with van der Waals surface area (Å²) in [6, 6.07) is 4.62. The molecular weight excluding hydrogens is 254 g/mol. The number of halogens is 1. The van der Waals surface area contributed by atoms with Crippen LogP contribution in [0.1, 0.15) is 19.3 Å². The highest BCUT2D eigenvalue weighted by molar-refractivity contribution is 9.10. The normalized spacial score (nSPS) is 20.5. The molecule has 0 bridgehead atoms. The largest absolute Gasteiger partial charge is 0.369 e. The van der Waals surface area contributed by atoms with E-state index >= 15 is 0 Å². The van der Waals surface area contributed by atoms with E-state index in [4.69, 9.17) is 0 Å². The molecule has 82 valence electrons. The molecule has 2 N–H and O–H groups in total. The van der Waals surface area contributed by atoms with E-state index in [1.54, 1.807) is 6.20 Å². The van der Waals surface area contributed by atoms with Crippen LogP contribution in [0.15, 0.2) is 22.8 Å². The number of rotatable bonds is 4. The van der Waals surface area contributed by atoms with Gasteiger partial charge in [-0.3, -0.25) is 0 Å². The van der Waals surface area contributed by atoms with E-state index in [1.165, 1.54) is 25.8 Å². The summed E-state index contributed by atoms with van der Waals surface area (Å²) in [5.41, 5.74) is 0. The highest BCUT2D eigenvalue weighted by Gasteiger charge is 2.13. The molecule has 2 rings (SSSR count). The number of pyridine rings is 1. The molecule has 1 aliphatic rings. The number of nitrogens with one attached hydrogen (secondary N) is 2. The molecule has 1 aromatic heterocycles. The van der Waals surface area contributed by atoms with Crippen molar-refractivity contribution < 1.29 is 0 Å². The minimum absolute atomic E-state index is 0.694. The number of hydrogen-bond donors (Lipinski definition) is 2. The Morgan fingerprint density at radius 3 is 3.27 bits per heavy atom. The van der Waals surface area contributed by atoms with E-state index < -0.39 is 0 Å². The van der Waals surface area contributed by atoms with Crippen molar-refractivity contribution in [3.63, 3.8) is 0 Å². The topological polar surface area (TPSA) is 37.0 Å². The van der Waals surface area contributed by atoms with Crippen molar-refractivity contribution in [1.29, 1.82) is 0 Å². The van der Waals surface area contributed by atoms with E-state index in [2.05, 4.69) is 31.5 Å². The Balaban J connectivity index is 1.75. The summed E-state index contributed by atoms with van der Waals surface area (Å²) in [5.74, 6) is 0.940. The van der Waals surface area contributed by atoms with Crippen LogP contribution >= 0.6 is 15.9 Å². The van der Waals surface area contributed by atoms with Gasteiger partial charge in [0.25, 0.3) is 0 Å². The second-order valence-electron chi connectivity index (χ2n) is 3.84. The molecule has 0 aromatic carbocycles. The molecular formula is C11H16BrN3. The second-order valence-corrected chi connectivity index (χ2v) is 4.70. The first-order valence-corrected chi connectivity index (χ1v) is 6.23. The molecule has 1 aromatic rings. The summed E-state index contributed by atoms with van der Waals surface area (Å²) >= 11 is 3.47. The van der Waals surface area contributed by atoms with Crippen LogP contribution in [0.5, 0.6) is 0 Å². The van der Waals surface area contributed by atoms with Gasteiger partial charge in [-0.15, -0.1) is 0 Å². The maximum absolute atomic E-state index is 4.26. The Morgan fingerprint density at radius 1 is 1.60 bits per heavy atom. The van der Waals surface area contributed by atoms with E-state index in [1.807, 2.05) is 12.1 Å². The number of nitrogens with zero attached hydrogens (tertiary/aromatic N) is 1. The van der Waals surface area contributed by atoms with Crippen LogP contribution < -0.4 is 10.6 Å². The quantitative estimate of drug-likeness (QED) is 0.882. The van der Waals surface area contributed by atoms with E-state index in [0.717, 1.165) is 16.8 Å². The zero-order valence-electron chi connectivity index (χ0n) is 8.67. The van der Waals surface area contributed by atoms with Gasteiger partial charge < -0.3 is 10.6 Å². The third-order valence-electron chi connectivity index (χ3n) is 2.71. The highest BCUT2D eigenvalue weighted by Crippen LogP contribution is 2.18. The predicted molar refractivity (Wildman–Crippen MR) is 66.1 cm³/mol. The van der Waals surface area contributed by atoms with Crippen molar-refractivity contribution >= 4 is 21.7 Å². The van der Waals surface area contributed by atoms with Gasteiger partial charge in [0.05, 0.1) is 4.47 Å². The number of anilines is 1. The van der Waals surface area contributed by atoms with Gasteiger partial charge >= 0.3 is 0 Å². The van der Waals surface area contributed by atoms with Crippen molar-refractivity contribution in [3.05, 3.63) is 22.8 Å². The standard InChI is InChI=1S/C11H16BrN3/c12-10-4-2-7-14-11(10)15-8-5-9-3-1-6-13-9/h2,4,7,9,13H,1,3,5-6,8H2,(H,14,15). The lowest BCUT2D eigenvalue weighted by Gasteiger charge is -2.11. The van der Waals surface area contributed by atoms with Gasteiger partial charge in [0.2, 0.25) is 0 Å². The molecule has 1 fully saturated rings. The van der Waals surface area contributed by atoms with Crippen molar-refractivity contribution in [2.24, 2.45) is 0 Å². The van der Waals surface area contributed by atoms with Crippen LogP contribution in [0.2, 0.25) is 0 Å². The fourth-order valence-corrected chi connectivity index (χ4v) is 2.28. The Labute approximate surface area is 98.8 Å². The van der Waals surface area contributed by atoms with Crippen LogP contribution in [0.3, 0.4) is 0 Å². The summed E-state index contributed by atoms with van der Waals surface area (Å²) in [6.07, 6.45) is 5.60. The molecule has 1 unspecified atom stereocenters. The maximum atomic E-state index is 4.26. The fraction of sp³-hybridized carbons (Fsp3) is 0.545. The molecule has 0 amide bonds. The van der Waals surface area contributed by atoms with Gasteiger partial charge in [-0.05, 0) is 53.9 Å². The smallest absolute Gasteiger partial charge is 0.140 e. The highest BCUT2D eigenvalue weighted by atomic mass is 79.9. The minimum Gasteiger partial charge on any atom is -0.369 e. The minimum atomic E-state index is 0.694. The van der Waals surface area contributed by atoms with Crippen molar-refractivity contribution in [2.45, 2.75) is 25.3 Å². The Kier molecular flexibility index (Phi) is 3.97. The molecule has 2 heterocycles. The molecule has 1 aliphatic heterocycles. The first-order chi connectivity index (χ1) is 7.36. The van der Waals surface area contributed by atoms with Crippen molar-refractivity contribution in [2.75, 3.05) is 18.4 Å². The molecule has 3 nitrogen and oxygen atoms in total. The van der Waals surface area contributed by atoms with Gasteiger partial charge in [-0.2, -0.15) is 0 Å². The summed E-state index contributed by atoms with van der Waals surface area (Å²) in [5, 5.41) is 6.83. The third-order valence-corrected chi connectivity index (χ3v) is 3.35. The summed E-state index contributed by atoms with van der Waals surface area (Å²) in [7, 11) is 0. The van der Waals surface area contributed by atoms with Gasteiger partial charge in [0.15, 0.2) is 0 Å². The molecule has 0 saturated carbocycles. The predicted octanol–water partition coefficient (Wildman–Crippen LogP) is 2.40. The lowest BCUT2D eigenvalue weighted by atomic mass is 10.1. The van der Waals surface area contributed by atoms with Crippen molar-refractivity contribution in [1.82, 2.24) is 10.3 Å². The number of aromatic nitrogens is 1. The average molecular weight is 270 g/mol. The molecule has 0 spiro atoms. The third kappa shape index (κ3) is 3.18. The van der Waals surface area contributed by atoms with Crippen LogP contribution in [0.25, 0.3) is 0 Å². The monoisotopic (exact) mass is 269 g/mol. The maximum Gasteiger partial charge on any atom is 0.140 e. The second kappa shape index (κ2) is 5.47. The fourth-order valence-electron chi connectivity index (χ4n) is 1.88. The zero-order valence-corrected chi connectivity index (χ0v) is 10.3. The van der Waals surface area contributed by atoms with Crippen LogP contribution in [0, 0.1) is 0 Å². The van der Waals surface area contributed by atoms with Crippen LogP contribution in [-0.4, -0.2) is 24.1 Å². The molecule has 0 radical (unpaired) electrons. The van der Waals surface area contributed by atoms with E-state index in [-0.39, 0.29) is 0 Å². The summed E-state index contributed by atoms with van der Waals surface area (Å²) in [4.78, 5) is 4.26. The summed E-state index contributed by atoms with van der Waals surface area (Å²) in [6.45, 7) is 2.16. The zero-order chi connectivity index (χ0) is 10.5. The summed E-state index contributed by atoms with van der Waals surface area (Å²) < 4.78 is 1.03. The van der Waals surface area contributed by atoms with Gasteiger partial charge in [0, 0.05) is 18.8 Å². The Bertz CT molecular complexity index is 310. The molecule has 1 atom stereocenters. The van der Waals surface area contributed by atoms with Gasteiger partial charge in [0.1, 0.15) is 5.82 Å². The average Bonchev–Trinajstić information content (AvgIpc) is 2.74. The van der Waals surface area contributed by atoms with Crippen molar-refractivity contribution in [3.8, 4) is 0 Å². The first kappa shape index (κ1) is 10.9. The van der Waals surface area contributed by atoms with Crippen LogP contribution in [-0.2, 0) is 0 Å². The molecule has 4 heteroatoms. The Hall–Kier alpha value is -0.610. The lowest BCUT2D eigenvalue weighted by Crippen LogP contribution is -2.24. The molecule has 0 aliphatic carbocycles. The van der Waals surface area contributed by atoms with E-state index in [0.29, 0.717) is 6.04 Å². The SMILES string of the molecule is Brc1cccnc1NCCC1CCCN1.